The molecule has 0 amide bonds. The minimum atomic E-state index is -1.03. The van der Waals surface area contributed by atoms with E-state index < -0.39 is 12.4 Å². The molecule has 138 valence electrons. The van der Waals surface area contributed by atoms with Gasteiger partial charge in [0.05, 0.1) is 5.69 Å². The maximum atomic E-state index is 14.1. The van der Waals surface area contributed by atoms with Crippen molar-refractivity contribution < 1.29 is 13.6 Å². The number of amidine groups is 1. The Labute approximate surface area is 153 Å². The van der Waals surface area contributed by atoms with Crippen molar-refractivity contribution in [2.24, 2.45) is 11.1 Å². The van der Waals surface area contributed by atoms with Gasteiger partial charge in [-0.25, -0.2) is 8.78 Å². The zero-order valence-electron chi connectivity index (χ0n) is 15.5. The molecule has 0 N–H and O–H groups in total. The largest absolute Gasteiger partial charge is 0.368 e. The van der Waals surface area contributed by atoms with Gasteiger partial charge in [-0.1, -0.05) is 50.2 Å². The van der Waals surface area contributed by atoms with E-state index in [9.17, 15) is 8.78 Å². The smallest absolute Gasteiger partial charge is 0.211 e. The summed E-state index contributed by atoms with van der Waals surface area (Å²) >= 11 is 0. The van der Waals surface area contributed by atoms with Gasteiger partial charge in [0.2, 0.25) is 6.23 Å². The second kappa shape index (κ2) is 7.44. The van der Waals surface area contributed by atoms with E-state index in [4.69, 9.17) is 4.84 Å². The van der Waals surface area contributed by atoms with E-state index in [2.05, 4.69) is 5.16 Å². The normalized spacial score (nSPS) is 19.1. The fraction of sp³-hybridized carbons (Fsp3) is 0.381. The van der Waals surface area contributed by atoms with Gasteiger partial charge < -0.3 is 4.84 Å². The van der Waals surface area contributed by atoms with Crippen LogP contribution < -0.4 is 4.90 Å². The Bertz CT molecular complexity index is 819. The van der Waals surface area contributed by atoms with Crippen molar-refractivity contribution >= 4 is 11.5 Å². The van der Waals surface area contributed by atoms with E-state index in [1.165, 1.54) is 12.1 Å². The maximum absolute atomic E-state index is 14.1. The molecule has 0 saturated heterocycles. The first-order valence-corrected chi connectivity index (χ1v) is 9.18. The van der Waals surface area contributed by atoms with Crippen molar-refractivity contribution in [2.75, 3.05) is 4.90 Å². The number of halogens is 2. The number of alkyl halides is 1. The summed E-state index contributed by atoms with van der Waals surface area (Å²) in [7, 11) is 0. The monoisotopic (exact) mass is 358 g/mol. The van der Waals surface area contributed by atoms with E-state index >= 15 is 0 Å². The zero-order valence-corrected chi connectivity index (χ0v) is 15.5. The lowest BCUT2D eigenvalue weighted by Gasteiger charge is -2.35. The molecule has 4 rings (SSSR count). The van der Waals surface area contributed by atoms with E-state index in [0.717, 1.165) is 16.8 Å². The summed E-state index contributed by atoms with van der Waals surface area (Å²) in [4.78, 5) is 7.52. The molecule has 0 spiro atoms. The van der Waals surface area contributed by atoms with Crippen molar-refractivity contribution in [3.63, 3.8) is 0 Å². The summed E-state index contributed by atoms with van der Waals surface area (Å²) < 4.78 is 27.9. The third kappa shape index (κ3) is 2.85. The van der Waals surface area contributed by atoms with Gasteiger partial charge >= 0.3 is 0 Å². The first-order chi connectivity index (χ1) is 12.6. The summed E-state index contributed by atoms with van der Waals surface area (Å²) in [6.45, 7) is 7.48. The number of anilines is 1. The minimum Gasteiger partial charge on any atom is -0.368 e. The number of hydrogen-bond acceptors (Lipinski definition) is 3. The molecular weight excluding hydrogens is 334 g/mol. The van der Waals surface area contributed by atoms with Gasteiger partial charge in [-0.3, -0.25) is 4.90 Å². The van der Waals surface area contributed by atoms with Crippen LogP contribution in [0, 0.1) is 11.7 Å². The topological polar surface area (TPSA) is 24.8 Å². The fourth-order valence-corrected chi connectivity index (χ4v) is 3.62. The summed E-state index contributed by atoms with van der Waals surface area (Å²) in [5.74, 6) is -0.105. The third-order valence-corrected chi connectivity index (χ3v) is 4.83. The number of fused-ring (bicyclic) bond motifs is 6. The number of hydrogen-bond donors (Lipinski definition) is 0. The first kappa shape index (κ1) is 18.4. The van der Waals surface area contributed by atoms with Crippen LogP contribution in [0.1, 0.15) is 39.7 Å². The van der Waals surface area contributed by atoms with E-state index in [1.807, 2.05) is 49.9 Å². The molecule has 2 aliphatic rings. The Morgan fingerprint density at radius 1 is 1.12 bits per heavy atom. The highest BCUT2D eigenvalue weighted by Gasteiger charge is 2.43. The van der Waals surface area contributed by atoms with Gasteiger partial charge in [0.15, 0.2) is 5.84 Å². The lowest BCUT2D eigenvalue weighted by Crippen LogP contribution is -2.45. The molecule has 2 aromatic rings. The summed E-state index contributed by atoms with van der Waals surface area (Å²) in [5.41, 5.74) is 3.48. The lowest BCUT2D eigenvalue weighted by molar-refractivity contribution is 0.0119. The Hall–Kier alpha value is -2.43. The van der Waals surface area contributed by atoms with Crippen LogP contribution in [0.4, 0.5) is 14.5 Å². The average Bonchev–Trinajstić information content (AvgIpc) is 3.09. The summed E-state index contributed by atoms with van der Waals surface area (Å²) in [6.07, 6.45) is -0.932. The summed E-state index contributed by atoms with van der Waals surface area (Å²) in [6, 6.07) is 12.5. The van der Waals surface area contributed by atoms with Crippen LogP contribution in [-0.4, -0.2) is 18.2 Å². The van der Waals surface area contributed by atoms with Crippen LogP contribution >= 0.6 is 0 Å². The van der Waals surface area contributed by atoms with Crippen LogP contribution in [0.5, 0.6) is 0 Å². The standard InChI is InChI=1S/C19H18F2N2O.C2H6/c1-3-13(11(2)20)19-23-17-7-5-4-6-15(17)14-9-8-12(21)10-16(14)18(23)22-24-19;1-2/h4-11,13,19H,3H2,1-2H3;1-2H3. The van der Waals surface area contributed by atoms with Crippen LogP contribution in [0.25, 0.3) is 11.1 Å². The van der Waals surface area contributed by atoms with Crippen molar-refractivity contribution in [1.29, 1.82) is 0 Å². The number of rotatable bonds is 3. The molecule has 2 heterocycles. The van der Waals surface area contributed by atoms with E-state index in [0.29, 0.717) is 17.8 Å². The molecule has 2 aromatic carbocycles. The predicted octanol–water partition coefficient (Wildman–Crippen LogP) is 5.74. The molecular formula is C21H24F2N2O. The van der Waals surface area contributed by atoms with Crippen LogP contribution in [0.2, 0.25) is 0 Å². The second-order valence-electron chi connectivity index (χ2n) is 6.24. The quantitative estimate of drug-likeness (QED) is 0.699. The first-order valence-electron chi connectivity index (χ1n) is 9.18. The fourth-order valence-electron chi connectivity index (χ4n) is 3.62. The Morgan fingerprint density at radius 2 is 1.85 bits per heavy atom. The Balaban J connectivity index is 0.000000948. The molecule has 0 aliphatic carbocycles. The molecule has 3 unspecified atom stereocenters. The Morgan fingerprint density at radius 3 is 2.54 bits per heavy atom. The molecule has 2 aliphatic heterocycles. The molecule has 0 aromatic heterocycles. The van der Waals surface area contributed by atoms with Gasteiger partial charge in [-0.05, 0) is 37.1 Å². The second-order valence-corrected chi connectivity index (χ2v) is 6.24. The summed E-state index contributed by atoms with van der Waals surface area (Å²) in [5, 5.41) is 4.18. The molecule has 0 bridgehead atoms. The molecule has 3 nitrogen and oxygen atoms in total. The molecule has 0 saturated carbocycles. The highest BCUT2D eigenvalue weighted by molar-refractivity contribution is 6.19. The molecule has 0 fully saturated rings. The molecule has 26 heavy (non-hydrogen) atoms. The number of benzene rings is 2. The van der Waals surface area contributed by atoms with Gasteiger partial charge in [-0.2, -0.15) is 0 Å². The zero-order chi connectivity index (χ0) is 18.8. The average molecular weight is 358 g/mol. The van der Waals surface area contributed by atoms with Crippen molar-refractivity contribution in [1.82, 2.24) is 0 Å². The third-order valence-electron chi connectivity index (χ3n) is 4.83. The maximum Gasteiger partial charge on any atom is 0.211 e. The number of nitrogens with zero attached hydrogens (tertiary/aromatic N) is 2. The Kier molecular flexibility index (Phi) is 5.25. The SMILES string of the molecule is CC.CCC(C(C)F)C1ON=C2c3cc(F)ccc3-c3ccccc3N21. The molecule has 5 heteroatoms. The van der Waals surface area contributed by atoms with Crippen LogP contribution in [0.15, 0.2) is 47.6 Å². The van der Waals surface area contributed by atoms with Crippen LogP contribution in [-0.2, 0) is 4.84 Å². The van der Waals surface area contributed by atoms with Crippen molar-refractivity contribution in [3.8, 4) is 11.1 Å². The minimum absolute atomic E-state index is 0.325. The number of oxime groups is 1. The van der Waals surface area contributed by atoms with Crippen molar-refractivity contribution in [2.45, 2.75) is 46.5 Å². The van der Waals surface area contributed by atoms with Gasteiger partial charge in [0.25, 0.3) is 0 Å². The highest BCUT2D eigenvalue weighted by atomic mass is 19.1. The predicted molar refractivity (Wildman–Crippen MR) is 101 cm³/mol. The van der Waals surface area contributed by atoms with Crippen LogP contribution in [0.3, 0.4) is 0 Å². The van der Waals surface area contributed by atoms with Gasteiger partial charge in [0, 0.05) is 17.0 Å². The highest BCUT2D eigenvalue weighted by Crippen LogP contribution is 2.44. The number of para-hydroxylation sites is 1. The van der Waals surface area contributed by atoms with E-state index in [-0.39, 0.29) is 11.7 Å². The van der Waals surface area contributed by atoms with E-state index in [1.54, 1.807) is 13.0 Å². The van der Waals surface area contributed by atoms with Gasteiger partial charge in [-0.15, -0.1) is 0 Å². The van der Waals surface area contributed by atoms with Crippen molar-refractivity contribution in [3.05, 3.63) is 53.8 Å². The lowest BCUT2D eigenvalue weighted by atomic mass is 9.90. The molecule has 3 atom stereocenters. The molecule has 0 radical (unpaired) electrons. The van der Waals surface area contributed by atoms with Gasteiger partial charge in [0.1, 0.15) is 12.0 Å².